The third-order valence-corrected chi connectivity index (χ3v) is 3.77. The van der Waals surface area contributed by atoms with Crippen LogP contribution >= 0.6 is 31.9 Å². The molecular weight excluding hydrogens is 364 g/mol. The average Bonchev–Trinajstić information content (AvgIpc) is 2.37. The van der Waals surface area contributed by atoms with Crippen molar-refractivity contribution in [2.24, 2.45) is 0 Å². The third kappa shape index (κ3) is 2.84. The fraction of sp³-hybridized carbons (Fsp3) is 0.154. The summed E-state index contributed by atoms with van der Waals surface area (Å²) in [6.45, 7) is -0.100. The first-order chi connectivity index (χ1) is 8.61. The lowest BCUT2D eigenvalue weighted by Crippen LogP contribution is -2.12. The van der Waals surface area contributed by atoms with E-state index in [1.54, 1.807) is 0 Å². The van der Waals surface area contributed by atoms with Gasteiger partial charge in [-0.05, 0) is 44.9 Å². The van der Waals surface area contributed by atoms with Crippen LogP contribution in [0.3, 0.4) is 0 Å². The number of halogens is 2. The second kappa shape index (κ2) is 5.71. The van der Waals surface area contributed by atoms with E-state index in [1.165, 1.54) is 7.11 Å². The van der Waals surface area contributed by atoms with E-state index in [1.807, 2.05) is 30.3 Å². The standard InChI is InChI=1S/C13H10Br2O3/c1-17-12(16)7-18-11-5-2-8-6-9(14)3-4-10(8)13(11)15/h2-6H,7H2,1H3. The Hall–Kier alpha value is -1.07. The maximum Gasteiger partial charge on any atom is 0.343 e. The molecule has 0 atom stereocenters. The van der Waals surface area contributed by atoms with Crippen molar-refractivity contribution in [3.05, 3.63) is 39.3 Å². The number of esters is 1. The Balaban J connectivity index is 2.33. The first-order valence-corrected chi connectivity index (χ1v) is 6.78. The van der Waals surface area contributed by atoms with Crippen LogP contribution in [0, 0.1) is 0 Å². The number of ether oxygens (including phenoxy) is 2. The molecule has 0 spiro atoms. The molecule has 2 aromatic rings. The van der Waals surface area contributed by atoms with Gasteiger partial charge in [-0.3, -0.25) is 0 Å². The van der Waals surface area contributed by atoms with Crippen molar-refractivity contribution in [2.45, 2.75) is 0 Å². The summed E-state index contributed by atoms with van der Waals surface area (Å²) in [5, 5.41) is 2.11. The van der Waals surface area contributed by atoms with E-state index in [0.717, 1.165) is 19.7 Å². The van der Waals surface area contributed by atoms with Gasteiger partial charge >= 0.3 is 5.97 Å². The molecule has 0 aliphatic rings. The first kappa shape index (κ1) is 13.4. The van der Waals surface area contributed by atoms with E-state index >= 15 is 0 Å². The minimum Gasteiger partial charge on any atom is -0.481 e. The molecule has 0 aliphatic heterocycles. The third-order valence-electron chi connectivity index (χ3n) is 2.45. The van der Waals surface area contributed by atoms with Gasteiger partial charge in [-0.2, -0.15) is 0 Å². The van der Waals surface area contributed by atoms with Gasteiger partial charge in [-0.25, -0.2) is 4.79 Å². The number of benzene rings is 2. The van der Waals surface area contributed by atoms with Gasteiger partial charge in [0.05, 0.1) is 11.6 Å². The molecule has 0 unspecified atom stereocenters. The van der Waals surface area contributed by atoms with E-state index in [2.05, 4.69) is 36.6 Å². The summed E-state index contributed by atoms with van der Waals surface area (Å²) >= 11 is 6.91. The summed E-state index contributed by atoms with van der Waals surface area (Å²) in [7, 11) is 1.33. The molecule has 0 N–H and O–H groups in total. The highest BCUT2D eigenvalue weighted by molar-refractivity contribution is 9.11. The lowest BCUT2D eigenvalue weighted by atomic mass is 10.1. The zero-order valence-electron chi connectivity index (χ0n) is 9.57. The van der Waals surface area contributed by atoms with Gasteiger partial charge in [0.1, 0.15) is 5.75 Å². The largest absolute Gasteiger partial charge is 0.481 e. The van der Waals surface area contributed by atoms with Crippen LogP contribution in [0.15, 0.2) is 39.3 Å². The van der Waals surface area contributed by atoms with E-state index in [4.69, 9.17) is 4.74 Å². The molecule has 0 radical (unpaired) electrons. The highest BCUT2D eigenvalue weighted by Crippen LogP contribution is 2.34. The Kier molecular flexibility index (Phi) is 4.24. The summed E-state index contributed by atoms with van der Waals surface area (Å²) in [5.74, 6) is 0.216. The van der Waals surface area contributed by atoms with Crippen LogP contribution in [0.2, 0.25) is 0 Å². The maximum absolute atomic E-state index is 11.0. The minimum absolute atomic E-state index is 0.100. The van der Waals surface area contributed by atoms with Gasteiger partial charge in [-0.1, -0.05) is 28.1 Å². The monoisotopic (exact) mass is 372 g/mol. The normalized spacial score (nSPS) is 10.4. The molecule has 3 nitrogen and oxygen atoms in total. The highest BCUT2D eigenvalue weighted by atomic mass is 79.9. The molecule has 0 saturated heterocycles. The van der Waals surface area contributed by atoms with E-state index in [0.29, 0.717) is 5.75 Å². The predicted octanol–water partition coefficient (Wildman–Crippen LogP) is 3.92. The van der Waals surface area contributed by atoms with Crippen LogP contribution in [0.25, 0.3) is 10.8 Å². The Labute approximate surface area is 121 Å². The van der Waals surface area contributed by atoms with Gasteiger partial charge in [0.15, 0.2) is 6.61 Å². The second-order valence-corrected chi connectivity index (χ2v) is 5.32. The van der Waals surface area contributed by atoms with Gasteiger partial charge in [0.25, 0.3) is 0 Å². The van der Waals surface area contributed by atoms with Crippen LogP contribution in [-0.2, 0) is 9.53 Å². The molecule has 2 rings (SSSR count). The Morgan fingerprint density at radius 1 is 1.22 bits per heavy atom. The number of methoxy groups -OCH3 is 1. The second-order valence-electron chi connectivity index (χ2n) is 3.61. The predicted molar refractivity (Wildman–Crippen MR) is 76.9 cm³/mol. The van der Waals surface area contributed by atoms with Crippen molar-refractivity contribution in [1.82, 2.24) is 0 Å². The van der Waals surface area contributed by atoms with E-state index in [-0.39, 0.29) is 6.61 Å². The summed E-state index contributed by atoms with van der Waals surface area (Å²) in [6, 6.07) is 9.72. The SMILES string of the molecule is COC(=O)COc1ccc2cc(Br)ccc2c1Br. The molecule has 0 aliphatic carbocycles. The fourth-order valence-corrected chi connectivity index (χ4v) is 2.54. The summed E-state index contributed by atoms with van der Waals surface area (Å²) < 4.78 is 11.8. The van der Waals surface area contributed by atoms with Crippen LogP contribution in [0.1, 0.15) is 0 Å². The van der Waals surface area contributed by atoms with Gasteiger partial charge in [-0.15, -0.1) is 0 Å². The zero-order valence-corrected chi connectivity index (χ0v) is 12.7. The quantitative estimate of drug-likeness (QED) is 0.765. The number of hydrogen-bond acceptors (Lipinski definition) is 3. The molecule has 0 saturated carbocycles. The summed E-state index contributed by atoms with van der Waals surface area (Å²) in [5.41, 5.74) is 0. The van der Waals surface area contributed by atoms with Gasteiger partial charge in [0, 0.05) is 4.47 Å². The van der Waals surface area contributed by atoms with E-state index < -0.39 is 5.97 Å². The van der Waals surface area contributed by atoms with Crippen molar-refractivity contribution in [3.63, 3.8) is 0 Å². The molecule has 5 heteroatoms. The zero-order chi connectivity index (χ0) is 13.1. The molecule has 0 fully saturated rings. The number of hydrogen-bond donors (Lipinski definition) is 0. The van der Waals surface area contributed by atoms with Crippen LogP contribution in [-0.4, -0.2) is 19.7 Å². The van der Waals surface area contributed by atoms with Crippen molar-refractivity contribution >= 4 is 48.6 Å². The number of carbonyl (C=O) groups excluding carboxylic acids is 1. The lowest BCUT2D eigenvalue weighted by Gasteiger charge is -2.09. The minimum atomic E-state index is -0.405. The molecule has 18 heavy (non-hydrogen) atoms. The summed E-state index contributed by atoms with van der Waals surface area (Å²) in [6.07, 6.45) is 0. The van der Waals surface area contributed by atoms with Crippen LogP contribution in [0.5, 0.6) is 5.75 Å². The van der Waals surface area contributed by atoms with Crippen molar-refractivity contribution < 1.29 is 14.3 Å². The molecule has 94 valence electrons. The number of rotatable bonds is 3. The topological polar surface area (TPSA) is 35.5 Å². The molecule has 0 bridgehead atoms. The molecule has 0 aromatic heterocycles. The Morgan fingerprint density at radius 2 is 2.00 bits per heavy atom. The van der Waals surface area contributed by atoms with Crippen molar-refractivity contribution in [2.75, 3.05) is 13.7 Å². The lowest BCUT2D eigenvalue weighted by molar-refractivity contribution is -0.142. The molecule has 2 aromatic carbocycles. The van der Waals surface area contributed by atoms with Crippen molar-refractivity contribution in [1.29, 1.82) is 0 Å². The van der Waals surface area contributed by atoms with Crippen LogP contribution < -0.4 is 4.74 Å². The van der Waals surface area contributed by atoms with Crippen molar-refractivity contribution in [3.8, 4) is 5.75 Å². The van der Waals surface area contributed by atoms with Gasteiger partial charge in [0.2, 0.25) is 0 Å². The van der Waals surface area contributed by atoms with Crippen LogP contribution in [0.4, 0.5) is 0 Å². The van der Waals surface area contributed by atoms with Gasteiger partial charge < -0.3 is 9.47 Å². The molecule has 0 heterocycles. The smallest absolute Gasteiger partial charge is 0.343 e. The Morgan fingerprint density at radius 3 is 2.72 bits per heavy atom. The highest BCUT2D eigenvalue weighted by Gasteiger charge is 2.08. The maximum atomic E-state index is 11.0. The van der Waals surface area contributed by atoms with E-state index in [9.17, 15) is 4.79 Å². The Bertz CT molecular complexity index is 596. The average molecular weight is 374 g/mol. The molecular formula is C13H10Br2O3. The number of fused-ring (bicyclic) bond motifs is 1. The first-order valence-electron chi connectivity index (χ1n) is 5.19. The fourth-order valence-electron chi connectivity index (χ4n) is 1.55. The summed E-state index contributed by atoms with van der Waals surface area (Å²) in [4.78, 5) is 11.0. The molecule has 0 amide bonds. The number of carbonyl (C=O) groups is 1.